The number of rotatable bonds is 2. The zero-order chi connectivity index (χ0) is 6.53. The van der Waals surface area contributed by atoms with E-state index in [0.717, 1.165) is 19.7 Å². The van der Waals surface area contributed by atoms with Gasteiger partial charge in [-0.3, -0.25) is 0 Å². The van der Waals surface area contributed by atoms with Gasteiger partial charge in [-0.05, 0) is 6.42 Å². The van der Waals surface area contributed by atoms with Crippen LogP contribution in [0.25, 0.3) is 0 Å². The van der Waals surface area contributed by atoms with E-state index in [1.54, 1.807) is 0 Å². The third-order valence-corrected chi connectivity index (χ3v) is 1.62. The van der Waals surface area contributed by atoms with E-state index in [1.165, 1.54) is 12.8 Å². The van der Waals surface area contributed by atoms with Crippen molar-refractivity contribution in [2.45, 2.75) is 25.9 Å². The molecule has 2 nitrogen and oxygen atoms in total. The summed E-state index contributed by atoms with van der Waals surface area (Å²) in [6, 6.07) is 0. The highest BCUT2D eigenvalue weighted by Gasteiger charge is 2.10. The average molecular weight is 129 g/mol. The maximum atomic E-state index is 5.46. The first kappa shape index (κ1) is 7.03. The molecule has 54 valence electrons. The van der Waals surface area contributed by atoms with E-state index < -0.39 is 0 Å². The first-order valence-corrected chi connectivity index (χ1v) is 3.76. The molecule has 1 fully saturated rings. The summed E-state index contributed by atoms with van der Waals surface area (Å²) in [4.78, 5) is 0. The molecule has 1 rings (SSSR count). The third-order valence-electron chi connectivity index (χ3n) is 1.62. The lowest BCUT2D eigenvalue weighted by molar-refractivity contribution is 0.0232. The van der Waals surface area contributed by atoms with Crippen LogP contribution in [0.5, 0.6) is 0 Å². The molecule has 1 saturated heterocycles. The number of nitrogens with one attached hydrogen (secondary N) is 1. The van der Waals surface area contributed by atoms with Gasteiger partial charge in [0.05, 0.1) is 12.7 Å². The largest absolute Gasteiger partial charge is 0.376 e. The summed E-state index contributed by atoms with van der Waals surface area (Å²) in [7, 11) is 0. The topological polar surface area (TPSA) is 21.3 Å². The minimum absolute atomic E-state index is 0.490. The van der Waals surface area contributed by atoms with Crippen LogP contribution in [0, 0.1) is 0 Å². The molecule has 1 aliphatic rings. The molecular formula is C7H15NO. The predicted molar refractivity (Wildman–Crippen MR) is 37.5 cm³/mol. The standard InChI is InChI=1S/C7H15NO/c1-2-3-7-6-8-4-5-9-7/h7-8H,2-6H2,1H3/t7-/m0/s1. The van der Waals surface area contributed by atoms with Gasteiger partial charge < -0.3 is 10.1 Å². The van der Waals surface area contributed by atoms with Gasteiger partial charge in [-0.1, -0.05) is 13.3 Å². The fraction of sp³-hybridized carbons (Fsp3) is 1.00. The van der Waals surface area contributed by atoms with Gasteiger partial charge >= 0.3 is 0 Å². The Morgan fingerprint density at radius 3 is 3.11 bits per heavy atom. The first-order valence-electron chi connectivity index (χ1n) is 3.76. The van der Waals surface area contributed by atoms with Gasteiger partial charge in [0.1, 0.15) is 0 Å². The summed E-state index contributed by atoms with van der Waals surface area (Å²) in [5, 5.41) is 3.29. The SMILES string of the molecule is CCC[C@H]1CNCCO1. The van der Waals surface area contributed by atoms with Gasteiger partial charge in [-0.2, -0.15) is 0 Å². The Balaban J connectivity index is 2.08. The van der Waals surface area contributed by atoms with E-state index in [1.807, 2.05) is 0 Å². The third kappa shape index (κ3) is 2.33. The fourth-order valence-corrected chi connectivity index (χ4v) is 1.13. The molecule has 1 aliphatic heterocycles. The van der Waals surface area contributed by atoms with Crippen LogP contribution in [0.4, 0.5) is 0 Å². The summed E-state index contributed by atoms with van der Waals surface area (Å²) in [5.74, 6) is 0. The molecule has 0 aromatic heterocycles. The zero-order valence-corrected chi connectivity index (χ0v) is 6.02. The lowest BCUT2D eigenvalue weighted by Gasteiger charge is -2.22. The summed E-state index contributed by atoms with van der Waals surface area (Å²) >= 11 is 0. The highest BCUT2D eigenvalue weighted by molar-refractivity contribution is 4.65. The van der Waals surface area contributed by atoms with Crippen molar-refractivity contribution in [2.75, 3.05) is 19.7 Å². The van der Waals surface area contributed by atoms with Crippen LogP contribution in [0.2, 0.25) is 0 Å². The minimum Gasteiger partial charge on any atom is -0.376 e. The summed E-state index contributed by atoms with van der Waals surface area (Å²) in [6.07, 6.45) is 2.92. The van der Waals surface area contributed by atoms with Crippen molar-refractivity contribution in [1.82, 2.24) is 5.32 Å². The van der Waals surface area contributed by atoms with Crippen LogP contribution in [-0.2, 0) is 4.74 Å². The molecule has 0 aromatic carbocycles. The van der Waals surface area contributed by atoms with Gasteiger partial charge in [-0.25, -0.2) is 0 Å². The van der Waals surface area contributed by atoms with E-state index >= 15 is 0 Å². The molecule has 1 heterocycles. The van der Waals surface area contributed by atoms with Crippen molar-refractivity contribution in [3.63, 3.8) is 0 Å². The highest BCUT2D eigenvalue weighted by atomic mass is 16.5. The van der Waals surface area contributed by atoms with Crippen molar-refractivity contribution in [1.29, 1.82) is 0 Å². The molecule has 1 N–H and O–H groups in total. The molecule has 0 aliphatic carbocycles. The fourth-order valence-electron chi connectivity index (χ4n) is 1.13. The highest BCUT2D eigenvalue weighted by Crippen LogP contribution is 2.02. The molecule has 0 aromatic rings. The van der Waals surface area contributed by atoms with Crippen LogP contribution in [0.1, 0.15) is 19.8 Å². The average Bonchev–Trinajstić information content (AvgIpc) is 1.91. The summed E-state index contributed by atoms with van der Waals surface area (Å²) in [6.45, 7) is 5.16. The molecular weight excluding hydrogens is 114 g/mol. The van der Waals surface area contributed by atoms with Crippen LogP contribution < -0.4 is 5.32 Å². The smallest absolute Gasteiger partial charge is 0.0700 e. The molecule has 1 atom stereocenters. The van der Waals surface area contributed by atoms with Crippen molar-refractivity contribution >= 4 is 0 Å². The van der Waals surface area contributed by atoms with E-state index in [0.29, 0.717) is 6.10 Å². The van der Waals surface area contributed by atoms with Crippen molar-refractivity contribution < 1.29 is 4.74 Å². The van der Waals surface area contributed by atoms with Crippen molar-refractivity contribution in [3.8, 4) is 0 Å². The molecule has 0 amide bonds. The number of ether oxygens (including phenoxy) is 1. The second kappa shape index (κ2) is 3.85. The molecule has 2 heteroatoms. The van der Waals surface area contributed by atoms with Crippen LogP contribution >= 0.6 is 0 Å². The van der Waals surface area contributed by atoms with Gasteiger partial charge in [0.25, 0.3) is 0 Å². The van der Waals surface area contributed by atoms with Gasteiger partial charge in [-0.15, -0.1) is 0 Å². The molecule has 0 radical (unpaired) electrons. The maximum Gasteiger partial charge on any atom is 0.0700 e. The minimum atomic E-state index is 0.490. The van der Waals surface area contributed by atoms with Gasteiger partial charge in [0, 0.05) is 13.1 Å². The molecule has 9 heavy (non-hydrogen) atoms. The number of hydrogen-bond donors (Lipinski definition) is 1. The van der Waals surface area contributed by atoms with Gasteiger partial charge in [0.15, 0.2) is 0 Å². The maximum absolute atomic E-state index is 5.46. The zero-order valence-electron chi connectivity index (χ0n) is 6.02. The van der Waals surface area contributed by atoms with E-state index in [2.05, 4.69) is 12.2 Å². The normalized spacial score (nSPS) is 28.3. The molecule has 0 saturated carbocycles. The Hall–Kier alpha value is -0.0800. The molecule has 0 bridgehead atoms. The van der Waals surface area contributed by atoms with Crippen LogP contribution in [-0.4, -0.2) is 25.8 Å². The van der Waals surface area contributed by atoms with Crippen molar-refractivity contribution in [2.24, 2.45) is 0 Å². The Labute approximate surface area is 56.6 Å². The predicted octanol–water partition coefficient (Wildman–Crippen LogP) is 0.775. The van der Waals surface area contributed by atoms with E-state index in [9.17, 15) is 0 Å². The first-order chi connectivity index (χ1) is 4.43. The lowest BCUT2D eigenvalue weighted by atomic mass is 10.2. The Morgan fingerprint density at radius 2 is 2.56 bits per heavy atom. The second-order valence-electron chi connectivity index (χ2n) is 2.49. The Bertz CT molecular complexity index is 66.6. The van der Waals surface area contributed by atoms with E-state index in [4.69, 9.17) is 4.74 Å². The monoisotopic (exact) mass is 129 g/mol. The molecule has 0 spiro atoms. The Morgan fingerprint density at radius 1 is 1.67 bits per heavy atom. The summed E-state index contributed by atoms with van der Waals surface area (Å²) in [5.41, 5.74) is 0. The number of hydrogen-bond acceptors (Lipinski definition) is 2. The number of morpholine rings is 1. The van der Waals surface area contributed by atoms with Gasteiger partial charge in [0.2, 0.25) is 0 Å². The lowest BCUT2D eigenvalue weighted by Crippen LogP contribution is -2.38. The van der Waals surface area contributed by atoms with Crippen molar-refractivity contribution in [3.05, 3.63) is 0 Å². The second-order valence-corrected chi connectivity index (χ2v) is 2.49. The quantitative estimate of drug-likeness (QED) is 0.594. The summed E-state index contributed by atoms with van der Waals surface area (Å²) < 4.78 is 5.46. The van der Waals surface area contributed by atoms with Crippen LogP contribution in [0.15, 0.2) is 0 Å². The Kier molecular flexibility index (Phi) is 3.01. The molecule has 0 unspecified atom stereocenters. The van der Waals surface area contributed by atoms with Crippen LogP contribution in [0.3, 0.4) is 0 Å². The van der Waals surface area contributed by atoms with E-state index in [-0.39, 0.29) is 0 Å².